The summed E-state index contributed by atoms with van der Waals surface area (Å²) >= 11 is 0.786. The van der Waals surface area contributed by atoms with Gasteiger partial charge in [0, 0.05) is 25.7 Å². The number of hydrogen-bond donors (Lipinski definition) is 1. The Labute approximate surface area is 141 Å². The first-order chi connectivity index (χ1) is 10.6. The lowest BCUT2D eigenvalue weighted by Gasteiger charge is -2.27. The van der Waals surface area contributed by atoms with Gasteiger partial charge in [0.1, 0.15) is 14.8 Å². The normalized spacial score (nSPS) is 23.8. The lowest BCUT2D eigenvalue weighted by atomic mass is 10.1. The molecule has 2 heterocycles. The first-order valence-electron chi connectivity index (χ1n) is 7.17. The second kappa shape index (κ2) is 6.50. The van der Waals surface area contributed by atoms with Crippen LogP contribution in [0.5, 0.6) is 0 Å². The summed E-state index contributed by atoms with van der Waals surface area (Å²) in [6, 6.07) is 1.28. The molecule has 0 amide bonds. The standard InChI is InChI=1S/C13H21N3O4S3/c1-5-14-11-6-9(2)22(17,18)13-10(11)7-12(21-13)23(19,20)15-8-16(3)4/h7-9,11,14H,5-6H2,1-4H3/b15-8+/t9-,11-/m0/s1. The summed E-state index contributed by atoms with van der Waals surface area (Å²) in [6.07, 6.45) is 1.62. The first kappa shape index (κ1) is 18.4. The molecular formula is C13H21N3O4S3. The first-order valence-corrected chi connectivity index (χ1v) is 11.0. The van der Waals surface area contributed by atoms with Gasteiger partial charge in [0.25, 0.3) is 10.0 Å². The van der Waals surface area contributed by atoms with Crippen LogP contribution in [-0.2, 0) is 19.9 Å². The number of sulfone groups is 1. The van der Waals surface area contributed by atoms with Gasteiger partial charge in [-0.3, -0.25) is 0 Å². The molecule has 1 aromatic rings. The van der Waals surface area contributed by atoms with Crippen molar-refractivity contribution in [2.75, 3.05) is 20.6 Å². The van der Waals surface area contributed by atoms with E-state index >= 15 is 0 Å². The van der Waals surface area contributed by atoms with Crippen LogP contribution in [0.4, 0.5) is 0 Å². The number of hydrogen-bond acceptors (Lipinski definition) is 6. The van der Waals surface area contributed by atoms with Gasteiger partial charge in [-0.15, -0.1) is 15.7 Å². The van der Waals surface area contributed by atoms with E-state index in [2.05, 4.69) is 9.71 Å². The molecule has 23 heavy (non-hydrogen) atoms. The molecule has 0 aromatic carbocycles. The fourth-order valence-corrected chi connectivity index (χ4v) is 7.28. The molecule has 1 aliphatic heterocycles. The third kappa shape index (κ3) is 3.59. The molecule has 10 heteroatoms. The van der Waals surface area contributed by atoms with Crippen LogP contribution in [-0.4, -0.2) is 54.0 Å². The highest BCUT2D eigenvalue weighted by molar-refractivity contribution is 7.96. The summed E-state index contributed by atoms with van der Waals surface area (Å²) in [4.78, 5) is 1.51. The van der Waals surface area contributed by atoms with Crippen molar-refractivity contribution in [3.8, 4) is 0 Å². The van der Waals surface area contributed by atoms with Crippen molar-refractivity contribution in [3.05, 3.63) is 11.6 Å². The van der Waals surface area contributed by atoms with Gasteiger partial charge in [0.15, 0.2) is 9.84 Å². The van der Waals surface area contributed by atoms with E-state index in [0.29, 0.717) is 18.5 Å². The molecule has 0 saturated carbocycles. The maximum Gasteiger partial charge on any atom is 0.293 e. The highest BCUT2D eigenvalue weighted by Gasteiger charge is 2.39. The number of thiophene rings is 1. The second-order valence-corrected chi connectivity index (χ2v) is 11.1. The molecule has 1 aliphatic rings. The van der Waals surface area contributed by atoms with Gasteiger partial charge in [-0.2, -0.15) is 8.42 Å². The summed E-state index contributed by atoms with van der Waals surface area (Å²) in [5.41, 5.74) is 0.536. The van der Waals surface area contributed by atoms with Crippen molar-refractivity contribution >= 4 is 37.5 Å². The average molecular weight is 380 g/mol. The minimum Gasteiger partial charge on any atom is -0.368 e. The molecule has 2 atom stereocenters. The van der Waals surface area contributed by atoms with Gasteiger partial charge in [0.05, 0.1) is 5.25 Å². The van der Waals surface area contributed by atoms with Crippen LogP contribution in [0.1, 0.15) is 31.9 Å². The number of rotatable bonds is 5. The van der Waals surface area contributed by atoms with Crippen molar-refractivity contribution in [1.82, 2.24) is 10.2 Å². The van der Waals surface area contributed by atoms with Crippen LogP contribution in [0.25, 0.3) is 0 Å². The Morgan fingerprint density at radius 2 is 2.13 bits per heavy atom. The van der Waals surface area contributed by atoms with E-state index in [1.165, 1.54) is 17.3 Å². The van der Waals surface area contributed by atoms with Crippen LogP contribution in [0.15, 0.2) is 18.9 Å². The minimum atomic E-state index is -3.90. The van der Waals surface area contributed by atoms with E-state index in [-0.39, 0.29) is 14.5 Å². The molecule has 0 radical (unpaired) electrons. The highest BCUT2D eigenvalue weighted by atomic mass is 32.3. The average Bonchev–Trinajstić information content (AvgIpc) is 2.90. The van der Waals surface area contributed by atoms with E-state index in [9.17, 15) is 16.8 Å². The van der Waals surface area contributed by atoms with Crippen LogP contribution >= 0.6 is 11.3 Å². The highest BCUT2D eigenvalue weighted by Crippen LogP contribution is 2.43. The molecule has 0 fully saturated rings. The maximum atomic E-state index is 12.5. The van der Waals surface area contributed by atoms with E-state index in [0.717, 1.165) is 11.3 Å². The zero-order valence-electron chi connectivity index (χ0n) is 13.5. The fourth-order valence-electron chi connectivity index (χ4n) is 2.37. The molecule has 1 aromatic heterocycles. The van der Waals surface area contributed by atoms with Gasteiger partial charge in [-0.05, 0) is 26.0 Å². The number of fused-ring (bicyclic) bond motifs is 1. The number of nitrogens with zero attached hydrogens (tertiary/aromatic N) is 2. The quantitative estimate of drug-likeness (QED) is 0.611. The molecule has 2 rings (SSSR count). The Bertz CT molecular complexity index is 810. The Balaban J connectivity index is 2.55. The Morgan fingerprint density at radius 3 is 2.70 bits per heavy atom. The van der Waals surface area contributed by atoms with Gasteiger partial charge < -0.3 is 10.2 Å². The topological polar surface area (TPSA) is 95.9 Å². The van der Waals surface area contributed by atoms with Crippen molar-refractivity contribution in [2.45, 2.75) is 40.0 Å². The largest absolute Gasteiger partial charge is 0.368 e. The molecular weight excluding hydrogens is 358 g/mol. The lowest BCUT2D eigenvalue weighted by molar-refractivity contribution is 0.477. The SMILES string of the molecule is CCN[C@H]1C[C@H](C)S(=O)(=O)c2sc(S(=O)(=O)/N=C/N(C)C)cc21. The predicted molar refractivity (Wildman–Crippen MR) is 91.4 cm³/mol. The van der Waals surface area contributed by atoms with Crippen LogP contribution in [0.2, 0.25) is 0 Å². The second-order valence-electron chi connectivity index (χ2n) is 5.67. The third-order valence-corrected chi connectivity index (χ3v) is 9.13. The third-order valence-electron chi connectivity index (χ3n) is 3.56. The molecule has 130 valence electrons. The Kier molecular flexibility index (Phi) is 5.19. The smallest absolute Gasteiger partial charge is 0.293 e. The van der Waals surface area contributed by atoms with Gasteiger partial charge in [0.2, 0.25) is 0 Å². The summed E-state index contributed by atoms with van der Waals surface area (Å²) in [7, 11) is -4.08. The molecule has 7 nitrogen and oxygen atoms in total. The Hall–Kier alpha value is -0.970. The van der Waals surface area contributed by atoms with Crippen LogP contribution in [0.3, 0.4) is 0 Å². The maximum absolute atomic E-state index is 12.5. The lowest BCUT2D eigenvalue weighted by Crippen LogP contribution is -2.33. The van der Waals surface area contributed by atoms with E-state index in [4.69, 9.17) is 0 Å². The number of sulfonamides is 1. The number of nitrogens with one attached hydrogen (secondary N) is 1. The van der Waals surface area contributed by atoms with E-state index < -0.39 is 25.1 Å². The zero-order chi connectivity index (χ0) is 17.4. The summed E-state index contributed by atoms with van der Waals surface area (Å²) in [5, 5.41) is 2.68. The van der Waals surface area contributed by atoms with E-state index in [1.54, 1.807) is 21.0 Å². The van der Waals surface area contributed by atoms with Crippen molar-refractivity contribution < 1.29 is 16.8 Å². The monoisotopic (exact) mass is 379 g/mol. The van der Waals surface area contributed by atoms with Crippen LogP contribution < -0.4 is 5.32 Å². The van der Waals surface area contributed by atoms with Gasteiger partial charge in [-0.1, -0.05) is 6.92 Å². The summed E-state index contributed by atoms with van der Waals surface area (Å²) < 4.78 is 53.2. The fraction of sp³-hybridized carbons (Fsp3) is 0.615. The van der Waals surface area contributed by atoms with Crippen molar-refractivity contribution in [3.63, 3.8) is 0 Å². The van der Waals surface area contributed by atoms with Crippen LogP contribution in [0, 0.1) is 0 Å². The molecule has 0 unspecified atom stereocenters. The van der Waals surface area contributed by atoms with Gasteiger partial charge in [-0.25, -0.2) is 8.42 Å². The minimum absolute atomic E-state index is 0.0406. The summed E-state index contributed by atoms with van der Waals surface area (Å²) in [5.74, 6) is 0. The molecule has 0 saturated heterocycles. The van der Waals surface area contributed by atoms with Crippen molar-refractivity contribution in [2.24, 2.45) is 4.40 Å². The van der Waals surface area contributed by atoms with Crippen molar-refractivity contribution in [1.29, 1.82) is 0 Å². The molecule has 1 N–H and O–H groups in total. The molecule has 0 spiro atoms. The Morgan fingerprint density at radius 1 is 1.48 bits per heavy atom. The summed E-state index contributed by atoms with van der Waals surface area (Å²) in [6.45, 7) is 4.26. The predicted octanol–water partition coefficient (Wildman–Crippen LogP) is 1.24. The molecule has 0 aliphatic carbocycles. The molecule has 0 bridgehead atoms. The zero-order valence-corrected chi connectivity index (χ0v) is 15.9. The van der Waals surface area contributed by atoms with E-state index in [1.807, 2.05) is 6.92 Å². The van der Waals surface area contributed by atoms with Gasteiger partial charge >= 0.3 is 0 Å².